The third kappa shape index (κ3) is 3.29. The maximum atomic E-state index is 5.47. The fourth-order valence-corrected chi connectivity index (χ4v) is 3.00. The van der Waals surface area contributed by atoms with Gasteiger partial charge < -0.3 is 14.8 Å². The van der Waals surface area contributed by atoms with Crippen molar-refractivity contribution in [3.63, 3.8) is 0 Å². The first-order valence-corrected chi connectivity index (χ1v) is 8.60. The van der Waals surface area contributed by atoms with Gasteiger partial charge in [0.2, 0.25) is 0 Å². The van der Waals surface area contributed by atoms with Crippen LogP contribution in [0.1, 0.15) is 5.69 Å². The predicted octanol–water partition coefficient (Wildman–Crippen LogP) is 4.47. The fourth-order valence-electron chi connectivity index (χ4n) is 3.00. The van der Waals surface area contributed by atoms with Crippen molar-refractivity contribution >= 4 is 17.2 Å². The van der Waals surface area contributed by atoms with Crippen molar-refractivity contribution in [2.45, 2.75) is 6.92 Å². The molecule has 0 atom stereocenters. The van der Waals surface area contributed by atoms with Crippen LogP contribution in [-0.4, -0.2) is 28.8 Å². The third-order valence-electron chi connectivity index (χ3n) is 4.30. The van der Waals surface area contributed by atoms with E-state index >= 15 is 0 Å². The Bertz CT molecular complexity index is 1090. The predicted molar refractivity (Wildman–Crippen MR) is 106 cm³/mol. The van der Waals surface area contributed by atoms with Crippen LogP contribution in [-0.2, 0) is 0 Å². The number of aryl methyl sites for hydroxylation is 1. The molecule has 2 aromatic heterocycles. The highest BCUT2D eigenvalue weighted by molar-refractivity contribution is 5.72. The molecule has 2 aromatic carbocycles. The lowest BCUT2D eigenvalue weighted by Crippen LogP contribution is -2.02. The van der Waals surface area contributed by atoms with Crippen molar-refractivity contribution in [1.82, 2.24) is 14.6 Å². The van der Waals surface area contributed by atoms with Gasteiger partial charge in [0.1, 0.15) is 17.3 Å². The van der Waals surface area contributed by atoms with Gasteiger partial charge in [0, 0.05) is 29.1 Å². The van der Waals surface area contributed by atoms with Gasteiger partial charge in [0.25, 0.3) is 0 Å². The summed E-state index contributed by atoms with van der Waals surface area (Å²) < 4.78 is 12.5. The second-order valence-corrected chi connectivity index (χ2v) is 6.14. The zero-order chi connectivity index (χ0) is 18.8. The Morgan fingerprint density at radius 3 is 2.44 bits per heavy atom. The maximum Gasteiger partial charge on any atom is 0.158 e. The number of ether oxygens (including phenoxy) is 2. The molecule has 6 nitrogen and oxygen atoms in total. The number of nitrogens with zero attached hydrogens (tertiary/aromatic N) is 3. The van der Waals surface area contributed by atoms with Crippen LogP contribution in [0.15, 0.2) is 60.7 Å². The summed E-state index contributed by atoms with van der Waals surface area (Å²) in [5.41, 5.74) is 4.36. The Morgan fingerprint density at radius 2 is 1.70 bits per heavy atom. The molecule has 0 bridgehead atoms. The summed E-state index contributed by atoms with van der Waals surface area (Å²) in [6.45, 7) is 1.97. The molecule has 0 saturated carbocycles. The molecular formula is C21H20N4O2. The number of aromatic nitrogens is 3. The molecule has 136 valence electrons. The molecule has 0 aliphatic carbocycles. The molecule has 0 amide bonds. The summed E-state index contributed by atoms with van der Waals surface area (Å²) >= 11 is 0. The Morgan fingerprint density at radius 1 is 0.926 bits per heavy atom. The smallest absolute Gasteiger partial charge is 0.158 e. The average molecular weight is 360 g/mol. The van der Waals surface area contributed by atoms with Crippen molar-refractivity contribution in [1.29, 1.82) is 0 Å². The molecule has 0 radical (unpaired) electrons. The van der Waals surface area contributed by atoms with E-state index in [0.29, 0.717) is 0 Å². The quantitative estimate of drug-likeness (QED) is 0.569. The molecule has 0 aliphatic heterocycles. The van der Waals surface area contributed by atoms with Crippen molar-refractivity contribution in [3.8, 4) is 22.8 Å². The van der Waals surface area contributed by atoms with E-state index in [2.05, 4.69) is 10.3 Å². The van der Waals surface area contributed by atoms with Gasteiger partial charge in [-0.25, -0.2) is 4.98 Å². The lowest BCUT2D eigenvalue weighted by atomic mass is 10.1. The second kappa shape index (κ2) is 6.99. The van der Waals surface area contributed by atoms with Crippen LogP contribution in [0.2, 0.25) is 0 Å². The molecular weight excluding hydrogens is 340 g/mol. The Hall–Kier alpha value is -3.54. The number of nitrogens with one attached hydrogen (secondary N) is 1. The van der Waals surface area contributed by atoms with Crippen LogP contribution in [0.25, 0.3) is 16.9 Å². The first-order valence-electron chi connectivity index (χ1n) is 8.60. The standard InChI is InChI=1S/C21H20N4O2/c1-14-12-20(23-15-8-10-16(26-2)11-9-15)25-21(22-14)13-18(24-25)17-6-4-5-7-19(17)27-3/h4-13,23H,1-3H3. The van der Waals surface area contributed by atoms with Crippen LogP contribution in [0.3, 0.4) is 0 Å². The lowest BCUT2D eigenvalue weighted by Gasteiger charge is -2.10. The van der Waals surface area contributed by atoms with E-state index in [9.17, 15) is 0 Å². The van der Waals surface area contributed by atoms with Gasteiger partial charge in [-0.05, 0) is 43.3 Å². The fraction of sp³-hybridized carbons (Fsp3) is 0.143. The van der Waals surface area contributed by atoms with E-state index < -0.39 is 0 Å². The van der Waals surface area contributed by atoms with Crippen LogP contribution in [0.4, 0.5) is 11.5 Å². The number of hydrogen-bond acceptors (Lipinski definition) is 5. The van der Waals surface area contributed by atoms with Gasteiger partial charge in [0.15, 0.2) is 5.65 Å². The Labute approximate surface area is 157 Å². The van der Waals surface area contributed by atoms with Crippen molar-refractivity contribution in [2.75, 3.05) is 19.5 Å². The van der Waals surface area contributed by atoms with E-state index in [1.165, 1.54) is 0 Å². The van der Waals surface area contributed by atoms with Crippen molar-refractivity contribution < 1.29 is 9.47 Å². The number of anilines is 2. The molecule has 27 heavy (non-hydrogen) atoms. The second-order valence-electron chi connectivity index (χ2n) is 6.14. The van der Waals surface area contributed by atoms with E-state index in [1.54, 1.807) is 18.7 Å². The van der Waals surface area contributed by atoms with Gasteiger partial charge in [-0.3, -0.25) is 0 Å². The molecule has 2 heterocycles. The number of methoxy groups -OCH3 is 2. The Balaban J connectivity index is 1.78. The van der Waals surface area contributed by atoms with Gasteiger partial charge >= 0.3 is 0 Å². The van der Waals surface area contributed by atoms with Crippen LogP contribution >= 0.6 is 0 Å². The summed E-state index contributed by atoms with van der Waals surface area (Å²) in [6.07, 6.45) is 0. The van der Waals surface area contributed by atoms with Crippen LogP contribution < -0.4 is 14.8 Å². The zero-order valence-corrected chi connectivity index (χ0v) is 15.4. The first-order chi connectivity index (χ1) is 13.2. The average Bonchev–Trinajstić information content (AvgIpc) is 3.12. The van der Waals surface area contributed by atoms with Gasteiger partial charge in [-0.2, -0.15) is 9.61 Å². The molecule has 0 saturated heterocycles. The van der Waals surface area contributed by atoms with E-state index in [1.807, 2.05) is 67.6 Å². The SMILES string of the molecule is COc1ccc(Nc2cc(C)nc3cc(-c4ccccc4OC)nn23)cc1. The molecule has 4 rings (SSSR count). The van der Waals surface area contributed by atoms with Gasteiger partial charge in [0.05, 0.1) is 19.9 Å². The number of hydrogen-bond donors (Lipinski definition) is 1. The first kappa shape index (κ1) is 16.9. The summed E-state index contributed by atoms with van der Waals surface area (Å²) in [6, 6.07) is 19.5. The molecule has 0 spiro atoms. The summed E-state index contributed by atoms with van der Waals surface area (Å²) in [4.78, 5) is 4.61. The number of rotatable bonds is 5. The molecule has 1 N–H and O–H groups in total. The number of fused-ring (bicyclic) bond motifs is 1. The minimum absolute atomic E-state index is 0.770. The van der Waals surface area contributed by atoms with Gasteiger partial charge in [-0.1, -0.05) is 12.1 Å². The molecule has 6 heteroatoms. The monoisotopic (exact) mass is 360 g/mol. The lowest BCUT2D eigenvalue weighted by molar-refractivity contribution is 0.415. The van der Waals surface area contributed by atoms with Crippen molar-refractivity contribution in [2.24, 2.45) is 0 Å². The minimum atomic E-state index is 0.770. The van der Waals surface area contributed by atoms with Crippen molar-refractivity contribution in [3.05, 3.63) is 66.4 Å². The van der Waals surface area contributed by atoms with Crippen LogP contribution in [0, 0.1) is 6.92 Å². The topological polar surface area (TPSA) is 60.7 Å². The highest BCUT2D eigenvalue weighted by Gasteiger charge is 2.13. The summed E-state index contributed by atoms with van der Waals surface area (Å²) in [5, 5.41) is 8.16. The maximum absolute atomic E-state index is 5.47. The zero-order valence-electron chi connectivity index (χ0n) is 15.4. The summed E-state index contributed by atoms with van der Waals surface area (Å²) in [7, 11) is 3.31. The largest absolute Gasteiger partial charge is 0.497 e. The van der Waals surface area contributed by atoms with E-state index in [0.717, 1.165) is 45.6 Å². The third-order valence-corrected chi connectivity index (χ3v) is 4.30. The molecule has 0 aliphatic rings. The number of para-hydroxylation sites is 1. The Kier molecular flexibility index (Phi) is 4.38. The number of benzene rings is 2. The van der Waals surface area contributed by atoms with Crippen LogP contribution in [0.5, 0.6) is 11.5 Å². The normalized spacial score (nSPS) is 10.8. The molecule has 4 aromatic rings. The van der Waals surface area contributed by atoms with E-state index in [-0.39, 0.29) is 0 Å². The minimum Gasteiger partial charge on any atom is -0.497 e. The highest BCUT2D eigenvalue weighted by Crippen LogP contribution is 2.30. The van der Waals surface area contributed by atoms with Gasteiger partial charge in [-0.15, -0.1) is 0 Å². The van der Waals surface area contributed by atoms with E-state index in [4.69, 9.17) is 14.6 Å². The highest BCUT2D eigenvalue weighted by atomic mass is 16.5. The molecule has 0 unspecified atom stereocenters. The summed E-state index contributed by atoms with van der Waals surface area (Å²) in [5.74, 6) is 2.43. The molecule has 0 fully saturated rings.